The molecule has 0 saturated heterocycles. The van der Waals surface area contributed by atoms with Crippen LogP contribution in [0, 0.1) is 10.8 Å². The average molecular weight is 349 g/mol. The quantitative estimate of drug-likeness (QED) is 0.537. The molecule has 0 aromatic heterocycles. The predicted molar refractivity (Wildman–Crippen MR) is 114 cm³/mol. The fourth-order valence-electron chi connectivity index (χ4n) is 2.61. The Hall–Kier alpha value is -2.22. The molecular weight excluding hydrogens is 316 g/mol. The Balaban J connectivity index is 2.53. The van der Waals surface area contributed by atoms with Gasteiger partial charge in [0, 0.05) is 12.4 Å². The molecule has 138 valence electrons. The monoisotopic (exact) mass is 348 g/mol. The van der Waals surface area contributed by atoms with Crippen LogP contribution in [0.3, 0.4) is 0 Å². The molecule has 0 aliphatic heterocycles. The number of hydrogen-bond donors (Lipinski definition) is 0. The van der Waals surface area contributed by atoms with Gasteiger partial charge in [0.15, 0.2) is 0 Å². The van der Waals surface area contributed by atoms with E-state index < -0.39 is 0 Å². The molecule has 0 N–H and O–H groups in total. The molecule has 0 spiro atoms. The van der Waals surface area contributed by atoms with E-state index in [1.165, 1.54) is 11.1 Å². The summed E-state index contributed by atoms with van der Waals surface area (Å²) in [6.07, 6.45) is 4.13. The largest absolute Gasteiger partial charge is 0.286 e. The van der Waals surface area contributed by atoms with E-state index in [1.807, 2.05) is 12.1 Å². The van der Waals surface area contributed by atoms with Crippen LogP contribution < -0.4 is 0 Å². The second-order valence-electron chi connectivity index (χ2n) is 9.00. The third-order valence-corrected chi connectivity index (χ3v) is 3.83. The van der Waals surface area contributed by atoms with Crippen molar-refractivity contribution in [2.75, 3.05) is 0 Å². The Bertz CT molecular complexity index is 651. The van der Waals surface area contributed by atoms with Crippen molar-refractivity contribution >= 4 is 12.4 Å². The van der Waals surface area contributed by atoms with Crippen molar-refractivity contribution < 1.29 is 0 Å². The zero-order chi connectivity index (χ0) is 19.2. The first-order valence-electron chi connectivity index (χ1n) is 9.34. The Labute approximate surface area is 159 Å². The summed E-state index contributed by atoms with van der Waals surface area (Å²) in [7, 11) is 0. The Kier molecular flexibility index (Phi) is 6.52. The zero-order valence-electron chi connectivity index (χ0n) is 17.0. The highest BCUT2D eigenvalue weighted by Crippen LogP contribution is 2.36. The van der Waals surface area contributed by atoms with Crippen LogP contribution in [0.1, 0.15) is 64.8 Å². The van der Waals surface area contributed by atoms with Crippen molar-refractivity contribution in [3.63, 3.8) is 0 Å². The third kappa shape index (κ3) is 6.59. The van der Waals surface area contributed by atoms with E-state index in [9.17, 15) is 0 Å². The zero-order valence-corrected chi connectivity index (χ0v) is 17.0. The number of aliphatic imine (C=N–C) groups is 2. The lowest BCUT2D eigenvalue weighted by atomic mass is 9.92. The minimum absolute atomic E-state index is 0.0298. The van der Waals surface area contributed by atoms with E-state index >= 15 is 0 Å². The first-order valence-corrected chi connectivity index (χ1v) is 9.34. The highest BCUT2D eigenvalue weighted by Gasteiger charge is 2.24. The highest BCUT2D eigenvalue weighted by atomic mass is 14.9. The summed E-state index contributed by atoms with van der Waals surface area (Å²) in [5.41, 5.74) is 2.44. The molecule has 2 heteroatoms. The number of hydrogen-bond acceptors (Lipinski definition) is 2. The van der Waals surface area contributed by atoms with Gasteiger partial charge < -0.3 is 0 Å². The molecule has 0 amide bonds. The van der Waals surface area contributed by atoms with Gasteiger partial charge >= 0.3 is 0 Å². The molecular formula is C24H32N2. The normalized spacial score (nSPS) is 15.5. The lowest BCUT2D eigenvalue weighted by molar-refractivity contribution is 0.544. The van der Waals surface area contributed by atoms with E-state index in [0.29, 0.717) is 0 Å². The van der Waals surface area contributed by atoms with Gasteiger partial charge in [0.2, 0.25) is 0 Å². The van der Waals surface area contributed by atoms with Gasteiger partial charge in [-0.2, -0.15) is 0 Å². The molecule has 2 atom stereocenters. The van der Waals surface area contributed by atoms with Crippen LogP contribution in [0.25, 0.3) is 0 Å². The molecule has 0 aliphatic rings. The molecule has 2 nitrogen and oxygen atoms in total. The molecule has 0 fully saturated rings. The van der Waals surface area contributed by atoms with Gasteiger partial charge in [-0.3, -0.25) is 9.98 Å². The van der Waals surface area contributed by atoms with E-state index in [1.54, 1.807) is 0 Å². The van der Waals surface area contributed by atoms with Crippen molar-refractivity contribution in [1.29, 1.82) is 0 Å². The van der Waals surface area contributed by atoms with E-state index in [4.69, 9.17) is 9.98 Å². The Morgan fingerprint density at radius 1 is 0.577 bits per heavy atom. The molecule has 0 bridgehead atoms. The first-order chi connectivity index (χ1) is 12.2. The summed E-state index contributed by atoms with van der Waals surface area (Å²) in [5, 5.41) is 0. The van der Waals surface area contributed by atoms with Gasteiger partial charge in [-0.1, -0.05) is 102 Å². The van der Waals surface area contributed by atoms with Crippen LogP contribution >= 0.6 is 0 Å². The Morgan fingerprint density at radius 3 is 1.15 bits per heavy atom. The minimum Gasteiger partial charge on any atom is -0.286 e. The maximum atomic E-state index is 5.00. The fourth-order valence-corrected chi connectivity index (χ4v) is 2.61. The number of benzene rings is 2. The van der Waals surface area contributed by atoms with Gasteiger partial charge in [-0.05, 0) is 22.0 Å². The van der Waals surface area contributed by atoms with Crippen LogP contribution in [-0.2, 0) is 0 Å². The van der Waals surface area contributed by atoms with Crippen molar-refractivity contribution in [3.8, 4) is 0 Å². The lowest BCUT2D eigenvalue weighted by Crippen LogP contribution is -2.14. The summed E-state index contributed by atoms with van der Waals surface area (Å²) in [4.78, 5) is 10.0. The van der Waals surface area contributed by atoms with Crippen molar-refractivity contribution in [3.05, 3.63) is 71.8 Å². The minimum atomic E-state index is -0.0450. The first kappa shape index (κ1) is 20.1. The van der Waals surface area contributed by atoms with Crippen LogP contribution in [0.15, 0.2) is 70.6 Å². The maximum Gasteiger partial charge on any atom is 0.101 e. The summed E-state index contributed by atoms with van der Waals surface area (Å²) in [6, 6.07) is 20.9. The molecule has 0 saturated carbocycles. The van der Waals surface area contributed by atoms with E-state index in [2.05, 4.69) is 103 Å². The molecule has 0 radical (unpaired) electrons. The molecule has 2 aromatic carbocycles. The van der Waals surface area contributed by atoms with Gasteiger partial charge in [0.1, 0.15) is 12.1 Å². The van der Waals surface area contributed by atoms with Crippen molar-refractivity contribution in [2.45, 2.75) is 53.6 Å². The smallest absolute Gasteiger partial charge is 0.101 e. The molecule has 0 heterocycles. The maximum absolute atomic E-state index is 5.00. The SMILES string of the molecule is CC(C)(C)C=NC(c1ccccc1)[C@H](N=CC(C)(C)C)c1ccccc1. The van der Waals surface area contributed by atoms with Gasteiger partial charge in [-0.15, -0.1) is 0 Å². The van der Waals surface area contributed by atoms with Crippen LogP contribution in [-0.4, -0.2) is 12.4 Å². The standard InChI is InChI=1S/C24H32N2/c1-23(2,3)17-25-21(19-13-9-7-10-14-19)22(26-18-24(4,5)6)20-15-11-8-12-16-20/h7-18,21-22H,1-6H3/t21-,22?/m1/s1. The topological polar surface area (TPSA) is 24.7 Å². The molecule has 2 aromatic rings. The summed E-state index contributed by atoms with van der Waals surface area (Å²) < 4.78 is 0. The average Bonchev–Trinajstić information content (AvgIpc) is 2.57. The fraction of sp³-hybridized carbons (Fsp3) is 0.417. The number of nitrogens with zero attached hydrogens (tertiary/aromatic N) is 2. The van der Waals surface area contributed by atoms with Gasteiger partial charge in [0.05, 0.1) is 0 Å². The molecule has 26 heavy (non-hydrogen) atoms. The molecule has 1 unspecified atom stereocenters. The second-order valence-corrected chi connectivity index (χ2v) is 9.00. The second kappa shape index (κ2) is 8.44. The van der Waals surface area contributed by atoms with Gasteiger partial charge in [0.25, 0.3) is 0 Å². The van der Waals surface area contributed by atoms with E-state index in [-0.39, 0.29) is 22.9 Å². The summed E-state index contributed by atoms with van der Waals surface area (Å²) >= 11 is 0. The Morgan fingerprint density at radius 2 is 0.885 bits per heavy atom. The summed E-state index contributed by atoms with van der Waals surface area (Å²) in [5.74, 6) is 0. The van der Waals surface area contributed by atoms with Crippen LogP contribution in [0.5, 0.6) is 0 Å². The van der Waals surface area contributed by atoms with E-state index in [0.717, 1.165) is 0 Å². The van der Waals surface area contributed by atoms with Crippen LogP contribution in [0.2, 0.25) is 0 Å². The van der Waals surface area contributed by atoms with Crippen LogP contribution in [0.4, 0.5) is 0 Å². The third-order valence-electron chi connectivity index (χ3n) is 3.83. The predicted octanol–water partition coefficient (Wildman–Crippen LogP) is 6.70. The molecule has 0 aliphatic carbocycles. The molecule has 2 rings (SSSR count). The summed E-state index contributed by atoms with van der Waals surface area (Å²) in [6.45, 7) is 13.1. The highest BCUT2D eigenvalue weighted by molar-refractivity contribution is 5.66. The lowest BCUT2D eigenvalue weighted by Gasteiger charge is -2.24. The number of rotatable bonds is 5. The van der Waals surface area contributed by atoms with Crippen molar-refractivity contribution in [2.24, 2.45) is 20.8 Å². The van der Waals surface area contributed by atoms with Crippen molar-refractivity contribution in [1.82, 2.24) is 0 Å². The van der Waals surface area contributed by atoms with Gasteiger partial charge in [-0.25, -0.2) is 0 Å².